The summed E-state index contributed by atoms with van der Waals surface area (Å²) in [6.07, 6.45) is 2.84. The first kappa shape index (κ1) is 14.3. The standard InChI is InChI=1S/C10H14FIN2O/c1-3-7(10(14)15)4-6(2)9(13)8(11)5-12/h3-6,9H,1,13H2,2H3,(H2,14,15)/b7-4+,8-5-. The van der Waals surface area contributed by atoms with Crippen molar-refractivity contribution in [3.8, 4) is 0 Å². The van der Waals surface area contributed by atoms with Crippen molar-refractivity contribution in [2.45, 2.75) is 13.0 Å². The van der Waals surface area contributed by atoms with Gasteiger partial charge in [-0.1, -0.05) is 48.2 Å². The van der Waals surface area contributed by atoms with Gasteiger partial charge in [-0.05, 0) is 5.92 Å². The summed E-state index contributed by atoms with van der Waals surface area (Å²) in [6, 6.07) is -0.767. The Labute approximate surface area is 102 Å². The number of halogens is 2. The highest BCUT2D eigenvalue weighted by Gasteiger charge is 2.16. The largest absolute Gasteiger partial charge is 0.366 e. The van der Waals surface area contributed by atoms with E-state index in [1.54, 1.807) is 29.5 Å². The molecule has 0 fully saturated rings. The molecule has 84 valence electrons. The van der Waals surface area contributed by atoms with E-state index < -0.39 is 17.8 Å². The fourth-order valence-corrected chi connectivity index (χ4v) is 1.38. The van der Waals surface area contributed by atoms with E-state index in [9.17, 15) is 9.18 Å². The molecule has 0 aliphatic heterocycles. The summed E-state index contributed by atoms with van der Waals surface area (Å²) in [5.41, 5.74) is 10.9. The molecule has 0 bridgehead atoms. The van der Waals surface area contributed by atoms with Crippen LogP contribution in [-0.2, 0) is 4.79 Å². The summed E-state index contributed by atoms with van der Waals surface area (Å²) < 4.78 is 14.4. The quantitative estimate of drug-likeness (QED) is 0.460. The zero-order valence-electron chi connectivity index (χ0n) is 8.41. The van der Waals surface area contributed by atoms with Crippen LogP contribution < -0.4 is 11.5 Å². The van der Waals surface area contributed by atoms with Crippen LogP contribution in [0.15, 0.2) is 34.2 Å². The fraction of sp³-hybridized carbons (Fsp3) is 0.300. The molecule has 5 heteroatoms. The summed E-state index contributed by atoms with van der Waals surface area (Å²) in [5, 5.41) is 0. The Balaban J connectivity index is 4.79. The molecular formula is C10H14FIN2O. The number of carbonyl (C=O) groups excluding carboxylic acids is 1. The smallest absolute Gasteiger partial charge is 0.248 e. The van der Waals surface area contributed by atoms with Crippen LogP contribution in [0.1, 0.15) is 6.92 Å². The maximum atomic E-state index is 13.1. The Hall–Kier alpha value is -0.690. The van der Waals surface area contributed by atoms with E-state index in [0.29, 0.717) is 0 Å². The average Bonchev–Trinajstić information content (AvgIpc) is 2.22. The molecule has 0 saturated carbocycles. The minimum absolute atomic E-state index is 0.249. The molecule has 0 aliphatic carbocycles. The lowest BCUT2D eigenvalue weighted by Crippen LogP contribution is -2.28. The van der Waals surface area contributed by atoms with Gasteiger partial charge in [0.15, 0.2) is 0 Å². The highest BCUT2D eigenvalue weighted by atomic mass is 127. The third kappa shape index (κ3) is 4.57. The zero-order chi connectivity index (χ0) is 12.0. The first-order valence-electron chi connectivity index (χ1n) is 4.29. The molecule has 1 amide bonds. The lowest BCUT2D eigenvalue weighted by Gasteiger charge is -2.14. The Kier molecular flexibility index (Phi) is 6.42. The van der Waals surface area contributed by atoms with Crippen molar-refractivity contribution in [2.75, 3.05) is 0 Å². The van der Waals surface area contributed by atoms with Gasteiger partial charge in [-0.2, -0.15) is 0 Å². The number of amides is 1. The zero-order valence-corrected chi connectivity index (χ0v) is 10.6. The van der Waals surface area contributed by atoms with Crippen LogP contribution in [0.25, 0.3) is 0 Å². The molecule has 0 saturated heterocycles. The van der Waals surface area contributed by atoms with Gasteiger partial charge in [0.2, 0.25) is 5.91 Å². The average molecular weight is 324 g/mol. The molecule has 0 spiro atoms. The predicted octanol–water partition coefficient (Wildman–Crippen LogP) is 1.79. The fourth-order valence-electron chi connectivity index (χ4n) is 0.962. The number of nitrogens with two attached hydrogens (primary N) is 2. The normalized spacial score (nSPS) is 17.1. The minimum atomic E-state index is -0.767. The van der Waals surface area contributed by atoms with Gasteiger partial charge >= 0.3 is 0 Å². The van der Waals surface area contributed by atoms with Gasteiger partial charge in [-0.3, -0.25) is 4.79 Å². The van der Waals surface area contributed by atoms with Crippen LogP contribution in [0, 0.1) is 5.92 Å². The monoisotopic (exact) mass is 324 g/mol. The van der Waals surface area contributed by atoms with E-state index in [4.69, 9.17) is 11.5 Å². The van der Waals surface area contributed by atoms with Crippen LogP contribution in [0.5, 0.6) is 0 Å². The number of carbonyl (C=O) groups is 1. The Morgan fingerprint density at radius 3 is 2.47 bits per heavy atom. The highest BCUT2D eigenvalue weighted by molar-refractivity contribution is 14.1. The van der Waals surface area contributed by atoms with Gasteiger partial charge in [-0.15, -0.1) is 0 Å². The molecule has 0 aliphatic rings. The van der Waals surface area contributed by atoms with E-state index >= 15 is 0 Å². The highest BCUT2D eigenvalue weighted by Crippen LogP contribution is 2.16. The molecule has 0 aromatic carbocycles. The van der Waals surface area contributed by atoms with E-state index in [1.165, 1.54) is 16.2 Å². The van der Waals surface area contributed by atoms with Crippen LogP contribution in [0.4, 0.5) is 4.39 Å². The maximum Gasteiger partial charge on any atom is 0.248 e. The summed E-state index contributed by atoms with van der Waals surface area (Å²) in [4.78, 5) is 10.9. The van der Waals surface area contributed by atoms with Crippen molar-refractivity contribution < 1.29 is 9.18 Å². The number of hydrogen-bond acceptors (Lipinski definition) is 2. The predicted molar refractivity (Wildman–Crippen MR) is 67.8 cm³/mol. The molecule has 3 nitrogen and oxygen atoms in total. The van der Waals surface area contributed by atoms with Crippen molar-refractivity contribution in [2.24, 2.45) is 17.4 Å². The first-order chi connectivity index (χ1) is 6.93. The second-order valence-corrected chi connectivity index (χ2v) is 3.69. The summed E-state index contributed by atoms with van der Waals surface area (Å²) >= 11 is 1.77. The third-order valence-corrected chi connectivity index (χ3v) is 2.53. The molecule has 0 aromatic rings. The molecule has 0 rings (SSSR count). The van der Waals surface area contributed by atoms with Gasteiger partial charge in [0.25, 0.3) is 0 Å². The van der Waals surface area contributed by atoms with Crippen LogP contribution in [0.3, 0.4) is 0 Å². The van der Waals surface area contributed by atoms with E-state index in [0.717, 1.165) is 0 Å². The minimum Gasteiger partial charge on any atom is -0.366 e. The van der Waals surface area contributed by atoms with Crippen molar-refractivity contribution in [3.63, 3.8) is 0 Å². The van der Waals surface area contributed by atoms with Crippen LogP contribution in [0.2, 0.25) is 0 Å². The van der Waals surface area contributed by atoms with Gasteiger partial charge in [0.05, 0.1) is 6.04 Å². The molecule has 0 aromatic heterocycles. The van der Waals surface area contributed by atoms with Crippen molar-refractivity contribution >= 4 is 28.5 Å². The second kappa shape index (κ2) is 6.73. The molecule has 2 atom stereocenters. The Bertz CT molecular complexity index is 313. The van der Waals surface area contributed by atoms with Crippen molar-refractivity contribution in [3.05, 3.63) is 34.2 Å². The van der Waals surface area contributed by atoms with E-state index in [1.807, 2.05) is 0 Å². The van der Waals surface area contributed by atoms with Crippen molar-refractivity contribution in [1.82, 2.24) is 0 Å². The summed E-state index contributed by atoms with van der Waals surface area (Å²) in [7, 11) is 0. The Morgan fingerprint density at radius 2 is 2.13 bits per heavy atom. The number of rotatable bonds is 5. The lowest BCUT2D eigenvalue weighted by molar-refractivity contribution is -0.114. The number of primary amides is 1. The first-order valence-corrected chi connectivity index (χ1v) is 5.54. The molecule has 15 heavy (non-hydrogen) atoms. The molecule has 2 unspecified atom stereocenters. The molecule has 4 N–H and O–H groups in total. The molecular weight excluding hydrogens is 310 g/mol. The van der Waals surface area contributed by atoms with Crippen LogP contribution >= 0.6 is 22.6 Å². The third-order valence-electron chi connectivity index (χ3n) is 1.94. The lowest BCUT2D eigenvalue weighted by atomic mass is 9.98. The summed E-state index contributed by atoms with van der Waals surface area (Å²) in [5.74, 6) is -1.34. The molecule has 0 radical (unpaired) electrons. The Morgan fingerprint density at radius 1 is 1.60 bits per heavy atom. The van der Waals surface area contributed by atoms with E-state index in [2.05, 4.69) is 6.58 Å². The van der Waals surface area contributed by atoms with Crippen LogP contribution in [-0.4, -0.2) is 11.9 Å². The van der Waals surface area contributed by atoms with Gasteiger partial charge in [0.1, 0.15) is 5.83 Å². The number of hydrogen-bond donors (Lipinski definition) is 2. The van der Waals surface area contributed by atoms with Crippen molar-refractivity contribution in [1.29, 1.82) is 0 Å². The molecule has 0 heterocycles. The summed E-state index contributed by atoms with van der Waals surface area (Å²) in [6.45, 7) is 5.15. The topological polar surface area (TPSA) is 69.1 Å². The second-order valence-electron chi connectivity index (χ2n) is 3.07. The maximum absolute atomic E-state index is 13.1. The van der Waals surface area contributed by atoms with Gasteiger partial charge in [0, 0.05) is 9.66 Å². The SMILES string of the molecule is C=C/C(=C\C(C)C(N)/C(F)=C/I)C(N)=O. The van der Waals surface area contributed by atoms with E-state index in [-0.39, 0.29) is 11.5 Å². The van der Waals surface area contributed by atoms with Gasteiger partial charge < -0.3 is 11.5 Å². The van der Waals surface area contributed by atoms with Gasteiger partial charge in [-0.25, -0.2) is 4.39 Å².